The Morgan fingerprint density at radius 3 is 2.74 bits per heavy atom. The lowest BCUT2D eigenvalue weighted by Gasteiger charge is -2.03. The van der Waals surface area contributed by atoms with E-state index in [0.29, 0.717) is 17.5 Å². The van der Waals surface area contributed by atoms with Crippen molar-refractivity contribution in [1.82, 2.24) is 10.2 Å². The minimum absolute atomic E-state index is 0.0116. The molecule has 1 aromatic heterocycles. The van der Waals surface area contributed by atoms with Crippen molar-refractivity contribution >= 4 is 22.4 Å². The van der Waals surface area contributed by atoms with Gasteiger partial charge < -0.3 is 5.32 Å². The van der Waals surface area contributed by atoms with E-state index in [0.717, 1.165) is 16.1 Å². The summed E-state index contributed by atoms with van der Waals surface area (Å²) >= 11 is 1.40. The monoisotopic (exact) mass is 275 g/mol. The van der Waals surface area contributed by atoms with E-state index in [9.17, 15) is 4.79 Å². The number of carbonyl (C=O) groups excluding carboxylic acids is 1. The van der Waals surface area contributed by atoms with E-state index in [1.807, 2.05) is 45.0 Å². The zero-order valence-electron chi connectivity index (χ0n) is 11.3. The molecule has 0 spiro atoms. The summed E-state index contributed by atoms with van der Waals surface area (Å²) in [6.45, 7) is 6.06. The quantitative estimate of drug-likeness (QED) is 0.929. The lowest BCUT2D eigenvalue weighted by molar-refractivity contribution is -0.116. The number of rotatable bonds is 4. The van der Waals surface area contributed by atoms with E-state index in [-0.39, 0.29) is 5.91 Å². The first-order valence-corrected chi connectivity index (χ1v) is 7.07. The first-order chi connectivity index (χ1) is 9.06. The van der Waals surface area contributed by atoms with Crippen molar-refractivity contribution in [2.45, 2.75) is 27.2 Å². The van der Waals surface area contributed by atoms with Crippen molar-refractivity contribution in [2.24, 2.45) is 5.92 Å². The molecule has 0 fully saturated rings. The van der Waals surface area contributed by atoms with Crippen LogP contribution in [0.15, 0.2) is 24.3 Å². The van der Waals surface area contributed by atoms with Crippen molar-refractivity contribution in [2.75, 3.05) is 5.32 Å². The van der Waals surface area contributed by atoms with Crippen LogP contribution in [0, 0.1) is 12.8 Å². The van der Waals surface area contributed by atoms with Gasteiger partial charge in [-0.1, -0.05) is 49.4 Å². The summed E-state index contributed by atoms with van der Waals surface area (Å²) in [5.74, 6) is 0.325. The average Bonchev–Trinajstić information content (AvgIpc) is 2.76. The predicted molar refractivity (Wildman–Crippen MR) is 78.2 cm³/mol. The van der Waals surface area contributed by atoms with E-state index in [1.54, 1.807) is 0 Å². The maximum absolute atomic E-state index is 11.7. The highest BCUT2D eigenvalue weighted by Crippen LogP contribution is 2.28. The molecule has 0 bridgehead atoms. The fraction of sp³-hybridized carbons (Fsp3) is 0.357. The third-order valence-corrected chi connectivity index (χ3v) is 3.51. The van der Waals surface area contributed by atoms with Gasteiger partial charge in [-0.25, -0.2) is 0 Å². The topological polar surface area (TPSA) is 54.9 Å². The fourth-order valence-corrected chi connectivity index (χ4v) is 2.59. The van der Waals surface area contributed by atoms with Crippen LogP contribution in [0.3, 0.4) is 0 Å². The van der Waals surface area contributed by atoms with Gasteiger partial charge in [-0.2, -0.15) is 0 Å². The van der Waals surface area contributed by atoms with Gasteiger partial charge in [-0.3, -0.25) is 4.79 Å². The first kappa shape index (κ1) is 13.7. The Hall–Kier alpha value is -1.75. The molecule has 19 heavy (non-hydrogen) atoms. The van der Waals surface area contributed by atoms with E-state index >= 15 is 0 Å². The lowest BCUT2D eigenvalue weighted by atomic mass is 10.1. The van der Waals surface area contributed by atoms with Crippen molar-refractivity contribution < 1.29 is 4.79 Å². The molecule has 0 aliphatic carbocycles. The Morgan fingerprint density at radius 2 is 2.05 bits per heavy atom. The molecule has 2 aromatic rings. The molecule has 4 nitrogen and oxygen atoms in total. The normalized spacial score (nSPS) is 10.7. The number of hydrogen-bond donors (Lipinski definition) is 1. The van der Waals surface area contributed by atoms with Gasteiger partial charge in [-0.05, 0) is 18.4 Å². The number of benzene rings is 1. The van der Waals surface area contributed by atoms with Crippen LogP contribution in [0.5, 0.6) is 0 Å². The molecule has 0 saturated heterocycles. The minimum Gasteiger partial charge on any atom is -0.301 e. The van der Waals surface area contributed by atoms with E-state index in [2.05, 4.69) is 15.5 Å². The van der Waals surface area contributed by atoms with Crippen LogP contribution in [0.4, 0.5) is 5.13 Å². The van der Waals surface area contributed by atoms with Crippen molar-refractivity contribution in [3.05, 3.63) is 29.8 Å². The summed E-state index contributed by atoms with van der Waals surface area (Å²) in [6.07, 6.45) is 0.499. The third-order valence-electron chi connectivity index (χ3n) is 2.64. The van der Waals surface area contributed by atoms with Crippen LogP contribution in [-0.4, -0.2) is 16.1 Å². The summed E-state index contributed by atoms with van der Waals surface area (Å²) in [6, 6.07) is 8.01. The summed E-state index contributed by atoms with van der Waals surface area (Å²) in [7, 11) is 0. The van der Waals surface area contributed by atoms with Gasteiger partial charge in [0.2, 0.25) is 11.0 Å². The highest BCUT2D eigenvalue weighted by Gasteiger charge is 2.11. The van der Waals surface area contributed by atoms with Crippen LogP contribution >= 0.6 is 11.3 Å². The fourth-order valence-electron chi connectivity index (χ4n) is 1.74. The van der Waals surface area contributed by atoms with Crippen molar-refractivity contribution in [3.63, 3.8) is 0 Å². The van der Waals surface area contributed by atoms with Crippen LogP contribution in [0.2, 0.25) is 0 Å². The molecule has 0 unspecified atom stereocenters. The predicted octanol–water partition coefficient (Wildman–Crippen LogP) is 3.50. The van der Waals surface area contributed by atoms with Gasteiger partial charge >= 0.3 is 0 Å². The van der Waals surface area contributed by atoms with E-state index < -0.39 is 0 Å². The molecule has 2 rings (SSSR count). The van der Waals surface area contributed by atoms with Crippen LogP contribution in [0.25, 0.3) is 10.6 Å². The molecule has 1 heterocycles. The molecule has 0 atom stereocenters. The highest BCUT2D eigenvalue weighted by molar-refractivity contribution is 7.18. The number of nitrogens with zero attached hydrogens (tertiary/aromatic N) is 2. The molecule has 1 amide bonds. The maximum Gasteiger partial charge on any atom is 0.226 e. The zero-order valence-corrected chi connectivity index (χ0v) is 12.1. The Bertz CT molecular complexity index is 578. The van der Waals surface area contributed by atoms with Gasteiger partial charge in [0.05, 0.1) is 0 Å². The third kappa shape index (κ3) is 3.61. The highest BCUT2D eigenvalue weighted by atomic mass is 32.1. The molecule has 0 aliphatic rings. The van der Waals surface area contributed by atoms with Crippen molar-refractivity contribution in [3.8, 4) is 10.6 Å². The molecular weight excluding hydrogens is 258 g/mol. The summed E-state index contributed by atoms with van der Waals surface area (Å²) in [5, 5.41) is 12.3. The maximum atomic E-state index is 11.7. The standard InChI is InChI=1S/C14H17N3OS/c1-9(2)8-12(18)15-14-17-16-13(19-14)11-7-5-4-6-10(11)3/h4-7,9H,8H2,1-3H3,(H,15,17,18). The number of aromatic nitrogens is 2. The SMILES string of the molecule is Cc1ccccc1-c1nnc(NC(=O)CC(C)C)s1. The van der Waals surface area contributed by atoms with Gasteiger partial charge in [0, 0.05) is 12.0 Å². The van der Waals surface area contributed by atoms with Crippen LogP contribution in [-0.2, 0) is 4.79 Å². The number of hydrogen-bond acceptors (Lipinski definition) is 4. The first-order valence-electron chi connectivity index (χ1n) is 6.25. The van der Waals surface area contributed by atoms with E-state index in [4.69, 9.17) is 0 Å². The molecule has 5 heteroatoms. The van der Waals surface area contributed by atoms with Gasteiger partial charge in [0.15, 0.2) is 0 Å². The minimum atomic E-state index is -0.0116. The number of carbonyl (C=O) groups is 1. The van der Waals surface area contributed by atoms with Gasteiger partial charge in [0.25, 0.3) is 0 Å². The molecule has 0 aliphatic heterocycles. The van der Waals surface area contributed by atoms with Gasteiger partial charge in [0.1, 0.15) is 5.01 Å². The number of anilines is 1. The molecule has 100 valence electrons. The van der Waals surface area contributed by atoms with Crippen molar-refractivity contribution in [1.29, 1.82) is 0 Å². The van der Waals surface area contributed by atoms with E-state index in [1.165, 1.54) is 11.3 Å². The second kappa shape index (κ2) is 5.93. The Balaban J connectivity index is 2.12. The average molecular weight is 275 g/mol. The molecule has 0 radical (unpaired) electrons. The van der Waals surface area contributed by atoms with Crippen LogP contribution in [0.1, 0.15) is 25.8 Å². The summed E-state index contributed by atoms with van der Waals surface area (Å²) < 4.78 is 0. The molecular formula is C14H17N3OS. The smallest absolute Gasteiger partial charge is 0.226 e. The summed E-state index contributed by atoms with van der Waals surface area (Å²) in [4.78, 5) is 11.7. The Kier molecular flexibility index (Phi) is 4.27. The lowest BCUT2D eigenvalue weighted by Crippen LogP contribution is -2.13. The van der Waals surface area contributed by atoms with Gasteiger partial charge in [-0.15, -0.1) is 10.2 Å². The largest absolute Gasteiger partial charge is 0.301 e. The molecule has 1 N–H and O–H groups in total. The number of amides is 1. The Labute approximate surface area is 116 Å². The second-order valence-corrected chi connectivity index (χ2v) is 5.85. The molecule has 0 saturated carbocycles. The number of aryl methyl sites for hydroxylation is 1. The molecule has 1 aromatic carbocycles. The number of nitrogens with one attached hydrogen (secondary N) is 1. The zero-order chi connectivity index (χ0) is 13.8. The van der Waals surface area contributed by atoms with Crippen LogP contribution < -0.4 is 5.32 Å². The Morgan fingerprint density at radius 1 is 1.32 bits per heavy atom. The second-order valence-electron chi connectivity index (χ2n) is 4.87. The summed E-state index contributed by atoms with van der Waals surface area (Å²) in [5.41, 5.74) is 2.21.